The molecule has 7 nitrogen and oxygen atoms in total. The van der Waals surface area contributed by atoms with Crippen LogP contribution in [-0.4, -0.2) is 53.3 Å². The van der Waals surface area contributed by atoms with E-state index in [0.29, 0.717) is 22.8 Å². The van der Waals surface area contributed by atoms with Gasteiger partial charge in [0.15, 0.2) is 5.11 Å². The van der Waals surface area contributed by atoms with Gasteiger partial charge in [0, 0.05) is 37.0 Å². The van der Waals surface area contributed by atoms with Crippen molar-refractivity contribution in [3.8, 4) is 0 Å². The van der Waals surface area contributed by atoms with E-state index in [-0.39, 0.29) is 11.7 Å². The molecule has 0 bridgehead atoms. The van der Waals surface area contributed by atoms with Crippen molar-refractivity contribution in [2.45, 2.75) is 18.6 Å². The lowest BCUT2D eigenvalue weighted by atomic mass is 10.1. The fraction of sp³-hybridized carbons (Fsp3) is 0.222. The SMILES string of the molecule is CN(C)c1ccc(NC(=O)CC2(O)C(=O)N(c3ccc(F)cc3)C(=S)N2CCc2ccc(Cl)cc2)cc1. The Balaban J connectivity index is 1.58. The Bertz CT molecular complexity index is 1300. The molecule has 1 aliphatic rings. The molecule has 3 aromatic rings. The number of amides is 2. The van der Waals surface area contributed by atoms with Crippen LogP contribution in [0.15, 0.2) is 72.8 Å². The first-order chi connectivity index (χ1) is 17.6. The maximum Gasteiger partial charge on any atom is 0.287 e. The van der Waals surface area contributed by atoms with Gasteiger partial charge in [-0.05, 0) is 84.9 Å². The molecule has 1 fully saturated rings. The molecule has 1 saturated heterocycles. The third kappa shape index (κ3) is 5.74. The smallest absolute Gasteiger partial charge is 0.287 e. The van der Waals surface area contributed by atoms with Crippen LogP contribution in [0.3, 0.4) is 0 Å². The first-order valence-corrected chi connectivity index (χ1v) is 12.3. The molecule has 192 valence electrons. The second-order valence-corrected chi connectivity index (χ2v) is 9.71. The third-order valence-corrected chi connectivity index (χ3v) is 6.77. The van der Waals surface area contributed by atoms with Crippen LogP contribution in [0.1, 0.15) is 12.0 Å². The average Bonchev–Trinajstić information content (AvgIpc) is 3.04. The van der Waals surface area contributed by atoms with Crippen LogP contribution in [0.2, 0.25) is 5.02 Å². The summed E-state index contributed by atoms with van der Waals surface area (Å²) in [5.41, 5.74) is 0.453. The van der Waals surface area contributed by atoms with Gasteiger partial charge in [-0.25, -0.2) is 4.39 Å². The van der Waals surface area contributed by atoms with Gasteiger partial charge in [-0.1, -0.05) is 23.7 Å². The highest BCUT2D eigenvalue weighted by Gasteiger charge is 2.55. The van der Waals surface area contributed by atoms with Crippen molar-refractivity contribution >= 4 is 57.8 Å². The molecule has 1 unspecified atom stereocenters. The number of carbonyl (C=O) groups is 2. The molecule has 0 aliphatic carbocycles. The van der Waals surface area contributed by atoms with Gasteiger partial charge in [0.05, 0.1) is 12.1 Å². The maximum atomic E-state index is 13.5. The highest BCUT2D eigenvalue weighted by atomic mass is 35.5. The molecule has 4 rings (SSSR count). The third-order valence-electron chi connectivity index (χ3n) is 6.11. The molecule has 0 radical (unpaired) electrons. The zero-order valence-corrected chi connectivity index (χ0v) is 21.9. The van der Waals surface area contributed by atoms with Crippen molar-refractivity contribution in [3.05, 3.63) is 89.2 Å². The van der Waals surface area contributed by atoms with E-state index in [2.05, 4.69) is 5.32 Å². The predicted octanol–water partition coefficient (Wildman–Crippen LogP) is 4.44. The number of thiocarbonyl (C=S) groups is 1. The van der Waals surface area contributed by atoms with Crippen LogP contribution in [0, 0.1) is 5.82 Å². The minimum absolute atomic E-state index is 0.0243. The van der Waals surface area contributed by atoms with Crippen LogP contribution in [-0.2, 0) is 16.0 Å². The Kier molecular flexibility index (Phi) is 7.77. The van der Waals surface area contributed by atoms with E-state index in [1.165, 1.54) is 29.2 Å². The Morgan fingerprint density at radius 3 is 2.27 bits per heavy atom. The number of benzene rings is 3. The molecule has 0 saturated carbocycles. The second-order valence-electron chi connectivity index (χ2n) is 8.91. The normalized spacial score (nSPS) is 17.3. The van der Waals surface area contributed by atoms with Gasteiger partial charge < -0.3 is 20.2 Å². The summed E-state index contributed by atoms with van der Waals surface area (Å²) in [7, 11) is 3.81. The average molecular weight is 541 g/mol. The van der Waals surface area contributed by atoms with Crippen LogP contribution in [0.25, 0.3) is 0 Å². The lowest BCUT2D eigenvalue weighted by Crippen LogP contribution is -2.52. The van der Waals surface area contributed by atoms with E-state index in [0.717, 1.165) is 16.2 Å². The predicted molar refractivity (Wildman–Crippen MR) is 147 cm³/mol. The molecule has 10 heteroatoms. The van der Waals surface area contributed by atoms with E-state index < -0.39 is 29.8 Å². The van der Waals surface area contributed by atoms with Crippen molar-refractivity contribution in [1.82, 2.24) is 4.90 Å². The molecule has 2 N–H and O–H groups in total. The molecule has 1 atom stereocenters. The lowest BCUT2D eigenvalue weighted by Gasteiger charge is -2.31. The van der Waals surface area contributed by atoms with Crippen molar-refractivity contribution < 1.29 is 19.1 Å². The fourth-order valence-corrected chi connectivity index (χ4v) is 4.65. The van der Waals surface area contributed by atoms with E-state index in [1.54, 1.807) is 24.3 Å². The highest BCUT2D eigenvalue weighted by Crippen LogP contribution is 2.34. The minimum atomic E-state index is -2.23. The Morgan fingerprint density at radius 2 is 1.68 bits per heavy atom. The number of nitrogens with one attached hydrogen (secondary N) is 1. The quantitative estimate of drug-likeness (QED) is 0.412. The monoisotopic (exact) mass is 540 g/mol. The summed E-state index contributed by atoms with van der Waals surface area (Å²) in [5.74, 6) is -1.82. The van der Waals surface area contributed by atoms with Crippen molar-refractivity contribution in [1.29, 1.82) is 0 Å². The van der Waals surface area contributed by atoms with Gasteiger partial charge in [0.25, 0.3) is 5.91 Å². The van der Waals surface area contributed by atoms with Crippen LogP contribution >= 0.6 is 23.8 Å². The maximum absolute atomic E-state index is 13.5. The number of nitrogens with zero attached hydrogens (tertiary/aromatic N) is 3. The zero-order valence-electron chi connectivity index (χ0n) is 20.3. The van der Waals surface area contributed by atoms with E-state index >= 15 is 0 Å². The van der Waals surface area contributed by atoms with Crippen molar-refractivity contribution in [3.63, 3.8) is 0 Å². The number of aliphatic hydroxyl groups is 1. The molecule has 1 heterocycles. The number of halogens is 2. The number of carbonyl (C=O) groups excluding carboxylic acids is 2. The molecule has 3 aromatic carbocycles. The van der Waals surface area contributed by atoms with Gasteiger partial charge in [-0.3, -0.25) is 14.5 Å². The van der Waals surface area contributed by atoms with Gasteiger partial charge in [-0.2, -0.15) is 0 Å². The fourth-order valence-electron chi connectivity index (χ4n) is 4.09. The Hall–Kier alpha value is -3.53. The number of anilines is 3. The number of hydrogen-bond donors (Lipinski definition) is 2. The standard InChI is InChI=1S/C27H26ClFN4O3S/c1-31(2)22-13-9-21(10-14-22)30-24(34)17-27(36)25(35)33(23-11-7-20(29)8-12-23)26(37)32(27)16-15-18-3-5-19(28)6-4-18/h3-14,36H,15-17H2,1-2H3,(H,30,34). The summed E-state index contributed by atoms with van der Waals surface area (Å²) < 4.78 is 13.5. The first kappa shape index (κ1) is 26.5. The van der Waals surface area contributed by atoms with E-state index in [4.69, 9.17) is 23.8 Å². The molecular weight excluding hydrogens is 515 g/mol. The van der Waals surface area contributed by atoms with Gasteiger partial charge >= 0.3 is 0 Å². The highest BCUT2D eigenvalue weighted by molar-refractivity contribution is 7.80. The topological polar surface area (TPSA) is 76.1 Å². The summed E-state index contributed by atoms with van der Waals surface area (Å²) in [5, 5.41) is 15.0. The van der Waals surface area contributed by atoms with E-state index in [1.807, 2.05) is 43.3 Å². The van der Waals surface area contributed by atoms with Gasteiger partial charge in [-0.15, -0.1) is 0 Å². The minimum Gasteiger partial charge on any atom is -0.378 e. The van der Waals surface area contributed by atoms with E-state index in [9.17, 15) is 19.1 Å². The van der Waals surface area contributed by atoms with Crippen LogP contribution in [0.4, 0.5) is 21.5 Å². The van der Waals surface area contributed by atoms with Crippen LogP contribution in [0.5, 0.6) is 0 Å². The summed E-state index contributed by atoms with van der Waals surface area (Å²) in [6.07, 6.45) is -0.127. The molecule has 37 heavy (non-hydrogen) atoms. The van der Waals surface area contributed by atoms with Gasteiger partial charge in [0.2, 0.25) is 11.6 Å². The molecule has 0 spiro atoms. The molecule has 1 aliphatic heterocycles. The lowest BCUT2D eigenvalue weighted by molar-refractivity contribution is -0.151. The van der Waals surface area contributed by atoms with Gasteiger partial charge in [0.1, 0.15) is 5.82 Å². The zero-order chi connectivity index (χ0) is 26.7. The summed E-state index contributed by atoms with van der Waals surface area (Å²) >= 11 is 11.6. The van der Waals surface area contributed by atoms with Crippen LogP contribution < -0.4 is 15.1 Å². The number of rotatable bonds is 8. The Labute approximate surface area is 225 Å². The molecule has 2 amide bonds. The Morgan fingerprint density at radius 1 is 1.05 bits per heavy atom. The molecule has 0 aromatic heterocycles. The largest absolute Gasteiger partial charge is 0.378 e. The summed E-state index contributed by atoms with van der Waals surface area (Å²) in [6, 6.07) is 19.5. The summed E-state index contributed by atoms with van der Waals surface area (Å²) in [6.45, 7) is 0.158. The summed E-state index contributed by atoms with van der Waals surface area (Å²) in [4.78, 5) is 31.0. The molecular formula is C27H26ClFN4O3S. The first-order valence-electron chi connectivity index (χ1n) is 11.5. The second kappa shape index (κ2) is 10.8. The van der Waals surface area contributed by atoms with Crippen molar-refractivity contribution in [2.75, 3.05) is 35.8 Å². The number of hydrogen-bond acceptors (Lipinski definition) is 5. The van der Waals surface area contributed by atoms with Crippen molar-refractivity contribution in [2.24, 2.45) is 0 Å².